The van der Waals surface area contributed by atoms with Crippen LogP contribution in [0.2, 0.25) is 0 Å². The summed E-state index contributed by atoms with van der Waals surface area (Å²) in [7, 11) is 2.84. The molecule has 0 radical (unpaired) electrons. The summed E-state index contributed by atoms with van der Waals surface area (Å²) in [5, 5.41) is 6.33. The molecule has 9 nitrogen and oxygen atoms in total. The maximum atomic E-state index is 12.9. The smallest absolute Gasteiger partial charge is 0.326 e. The first kappa shape index (κ1) is 17.5. The van der Waals surface area contributed by atoms with Gasteiger partial charge in [0.25, 0.3) is 5.91 Å². The van der Waals surface area contributed by atoms with Gasteiger partial charge in [0.2, 0.25) is 17.6 Å². The predicted molar refractivity (Wildman–Crippen MR) is 85.9 cm³/mol. The predicted octanol–water partition coefficient (Wildman–Crippen LogP) is 0.774. The van der Waals surface area contributed by atoms with Crippen LogP contribution in [-0.2, 0) is 16.1 Å². The Kier molecular flexibility index (Phi) is 4.65. The van der Waals surface area contributed by atoms with Gasteiger partial charge >= 0.3 is 6.03 Å². The van der Waals surface area contributed by atoms with Gasteiger partial charge in [-0.3, -0.25) is 14.5 Å². The van der Waals surface area contributed by atoms with Crippen LogP contribution in [0.3, 0.4) is 0 Å². The number of amides is 4. The van der Waals surface area contributed by atoms with Crippen LogP contribution < -0.4 is 5.32 Å². The van der Waals surface area contributed by atoms with Crippen molar-refractivity contribution < 1.29 is 23.3 Å². The molecule has 0 bridgehead atoms. The first-order chi connectivity index (χ1) is 12.4. The molecule has 1 saturated heterocycles. The van der Waals surface area contributed by atoms with E-state index in [4.69, 9.17) is 4.52 Å². The van der Waals surface area contributed by atoms with Gasteiger partial charge < -0.3 is 14.7 Å². The molecule has 2 aromatic rings. The second-order valence-corrected chi connectivity index (χ2v) is 5.81. The summed E-state index contributed by atoms with van der Waals surface area (Å²) in [6, 6.07) is 4.30. The van der Waals surface area contributed by atoms with Gasteiger partial charge in [0.15, 0.2) is 0 Å². The molecule has 1 atom stereocenters. The van der Waals surface area contributed by atoms with E-state index in [0.717, 1.165) is 4.90 Å². The maximum absolute atomic E-state index is 12.9. The van der Waals surface area contributed by atoms with E-state index in [1.165, 1.54) is 43.3 Å². The van der Waals surface area contributed by atoms with Crippen molar-refractivity contribution in [2.24, 2.45) is 0 Å². The fourth-order valence-electron chi connectivity index (χ4n) is 2.54. The number of nitrogens with zero attached hydrogens (tertiary/aromatic N) is 4. The van der Waals surface area contributed by atoms with Crippen LogP contribution in [0.25, 0.3) is 11.4 Å². The van der Waals surface area contributed by atoms with E-state index in [0.29, 0.717) is 5.56 Å². The van der Waals surface area contributed by atoms with Gasteiger partial charge in [0.05, 0.1) is 13.0 Å². The van der Waals surface area contributed by atoms with Gasteiger partial charge in [-0.2, -0.15) is 4.98 Å². The standard InChI is InChI=1S/C16H16FN5O4/c1-21-11(15(24)22(2)16(21)25)7-12(23)18-8-13-19-14(20-26-13)9-3-5-10(17)6-4-9/h3-6,11H,7-8H2,1-2H3,(H,18,23). The molecule has 1 unspecified atom stereocenters. The van der Waals surface area contributed by atoms with E-state index >= 15 is 0 Å². The number of carbonyl (C=O) groups is 3. The zero-order valence-corrected chi connectivity index (χ0v) is 14.1. The largest absolute Gasteiger partial charge is 0.347 e. The van der Waals surface area contributed by atoms with Gasteiger partial charge in [-0.1, -0.05) is 5.16 Å². The van der Waals surface area contributed by atoms with E-state index < -0.39 is 23.9 Å². The highest BCUT2D eigenvalue weighted by Crippen LogP contribution is 2.17. The summed E-state index contributed by atoms with van der Waals surface area (Å²) in [6.45, 7) is -0.0264. The van der Waals surface area contributed by atoms with E-state index in [1.54, 1.807) is 0 Å². The number of likely N-dealkylation sites (N-methyl/N-ethyl adjacent to an activating group) is 2. The lowest BCUT2D eigenvalue weighted by Gasteiger charge is -2.15. The lowest BCUT2D eigenvalue weighted by Crippen LogP contribution is -2.37. The highest BCUT2D eigenvalue weighted by atomic mass is 19.1. The van der Waals surface area contributed by atoms with Crippen molar-refractivity contribution in [3.05, 3.63) is 36.0 Å². The lowest BCUT2D eigenvalue weighted by molar-refractivity contribution is -0.131. The molecule has 10 heteroatoms. The summed E-state index contributed by atoms with van der Waals surface area (Å²) in [5.74, 6) is -0.798. The number of rotatable bonds is 5. The molecule has 3 rings (SSSR count). The van der Waals surface area contributed by atoms with Gasteiger partial charge in [0, 0.05) is 19.7 Å². The van der Waals surface area contributed by atoms with Crippen LogP contribution in [0.1, 0.15) is 12.3 Å². The molecule has 1 aromatic carbocycles. The number of imide groups is 1. The molecule has 0 aliphatic carbocycles. The number of nitrogens with one attached hydrogen (secondary N) is 1. The minimum absolute atomic E-state index is 0.0264. The molecule has 1 aliphatic rings. The number of carbonyl (C=O) groups excluding carboxylic acids is 3. The second kappa shape index (κ2) is 6.90. The van der Waals surface area contributed by atoms with Crippen molar-refractivity contribution in [3.8, 4) is 11.4 Å². The van der Waals surface area contributed by atoms with Crippen LogP contribution in [0.5, 0.6) is 0 Å². The van der Waals surface area contributed by atoms with Crippen molar-refractivity contribution in [2.75, 3.05) is 14.1 Å². The molecular formula is C16H16FN5O4. The summed E-state index contributed by atoms with van der Waals surface area (Å²) in [4.78, 5) is 42.0. The Morgan fingerprint density at radius 2 is 1.96 bits per heavy atom. The number of urea groups is 1. The average Bonchev–Trinajstić information content (AvgIpc) is 3.17. The highest BCUT2D eigenvalue weighted by Gasteiger charge is 2.41. The first-order valence-corrected chi connectivity index (χ1v) is 7.76. The molecule has 136 valence electrons. The Morgan fingerprint density at radius 3 is 2.58 bits per heavy atom. The van der Waals surface area contributed by atoms with Crippen LogP contribution in [0, 0.1) is 5.82 Å². The Morgan fingerprint density at radius 1 is 1.27 bits per heavy atom. The molecular weight excluding hydrogens is 345 g/mol. The first-order valence-electron chi connectivity index (χ1n) is 7.76. The van der Waals surface area contributed by atoms with Crippen LogP contribution in [0.15, 0.2) is 28.8 Å². The molecule has 0 spiro atoms. The summed E-state index contributed by atoms with van der Waals surface area (Å²) < 4.78 is 18.0. The molecule has 1 aliphatic heterocycles. The molecule has 1 aromatic heterocycles. The Balaban J connectivity index is 1.56. The quantitative estimate of drug-likeness (QED) is 0.788. The van der Waals surface area contributed by atoms with Crippen LogP contribution >= 0.6 is 0 Å². The van der Waals surface area contributed by atoms with Crippen molar-refractivity contribution in [1.29, 1.82) is 0 Å². The molecule has 1 fully saturated rings. The van der Waals surface area contributed by atoms with Crippen LogP contribution in [-0.4, -0.2) is 57.9 Å². The topological polar surface area (TPSA) is 109 Å². The number of hydrogen-bond acceptors (Lipinski definition) is 6. The van der Waals surface area contributed by atoms with Gasteiger partial charge in [0.1, 0.15) is 11.9 Å². The Labute approximate surface area is 147 Å². The fourth-order valence-corrected chi connectivity index (χ4v) is 2.54. The van der Waals surface area contributed by atoms with Gasteiger partial charge in [-0.25, -0.2) is 9.18 Å². The third kappa shape index (κ3) is 3.39. The van der Waals surface area contributed by atoms with Gasteiger partial charge in [-0.15, -0.1) is 0 Å². The lowest BCUT2D eigenvalue weighted by atomic mass is 10.2. The summed E-state index contributed by atoms with van der Waals surface area (Å²) in [5.41, 5.74) is 0.576. The minimum Gasteiger partial charge on any atom is -0.347 e. The minimum atomic E-state index is -0.829. The van der Waals surface area contributed by atoms with Crippen molar-refractivity contribution in [1.82, 2.24) is 25.3 Å². The number of benzene rings is 1. The second-order valence-electron chi connectivity index (χ2n) is 5.81. The molecule has 26 heavy (non-hydrogen) atoms. The Hall–Kier alpha value is -3.30. The molecule has 4 amide bonds. The van der Waals surface area contributed by atoms with Gasteiger partial charge in [-0.05, 0) is 24.3 Å². The number of hydrogen-bond donors (Lipinski definition) is 1. The normalized spacial score (nSPS) is 17.1. The maximum Gasteiger partial charge on any atom is 0.326 e. The van der Waals surface area contributed by atoms with Crippen molar-refractivity contribution in [2.45, 2.75) is 19.0 Å². The molecule has 2 heterocycles. The molecule has 1 N–H and O–H groups in total. The van der Waals surface area contributed by atoms with Crippen molar-refractivity contribution >= 4 is 17.8 Å². The molecule has 0 saturated carbocycles. The summed E-state index contributed by atoms with van der Waals surface area (Å²) >= 11 is 0. The zero-order valence-electron chi connectivity index (χ0n) is 14.1. The Bertz CT molecular complexity index is 851. The number of aromatic nitrogens is 2. The zero-order chi connectivity index (χ0) is 18.8. The van der Waals surface area contributed by atoms with E-state index in [9.17, 15) is 18.8 Å². The van der Waals surface area contributed by atoms with E-state index in [2.05, 4.69) is 15.5 Å². The van der Waals surface area contributed by atoms with E-state index in [-0.39, 0.29) is 30.5 Å². The van der Waals surface area contributed by atoms with Crippen molar-refractivity contribution in [3.63, 3.8) is 0 Å². The SMILES string of the molecule is CN1C(=O)C(CC(=O)NCc2nc(-c3ccc(F)cc3)no2)N(C)C1=O. The van der Waals surface area contributed by atoms with E-state index in [1.807, 2.05) is 0 Å². The highest BCUT2D eigenvalue weighted by molar-refractivity contribution is 6.05. The average molecular weight is 361 g/mol. The van der Waals surface area contributed by atoms with Crippen LogP contribution in [0.4, 0.5) is 9.18 Å². The third-order valence-corrected chi connectivity index (χ3v) is 4.06. The fraction of sp³-hybridized carbons (Fsp3) is 0.312. The number of halogens is 1. The third-order valence-electron chi connectivity index (χ3n) is 4.06. The monoisotopic (exact) mass is 361 g/mol. The summed E-state index contributed by atoms with van der Waals surface area (Å²) in [6.07, 6.45) is -0.162.